The molecule has 0 fully saturated rings. The van der Waals surface area contributed by atoms with Crippen LogP contribution < -0.4 is 9.47 Å². The van der Waals surface area contributed by atoms with Gasteiger partial charge in [-0.2, -0.15) is 0 Å². The lowest BCUT2D eigenvalue weighted by Gasteiger charge is -2.04. The molecule has 18 heavy (non-hydrogen) atoms. The summed E-state index contributed by atoms with van der Waals surface area (Å²) in [5.74, 6) is 1.12. The molecule has 0 spiro atoms. The topological polar surface area (TPSA) is 51.3 Å². The molecule has 3 aromatic rings. The smallest absolute Gasteiger partial charge is 0.298 e. The second-order valence-corrected chi connectivity index (χ2v) is 3.93. The Balaban J connectivity index is 2.40. The summed E-state index contributed by atoms with van der Waals surface area (Å²) in [6.07, 6.45) is 0. The number of hydrogen-bond acceptors (Lipinski definition) is 3. The SMILES string of the molecule is COc1cc(OC=O)cc2c1[nH]c1ccccc12. The van der Waals surface area contributed by atoms with Crippen LogP contribution >= 0.6 is 0 Å². The number of H-pyrrole nitrogens is 1. The van der Waals surface area contributed by atoms with Gasteiger partial charge in [0.05, 0.1) is 12.6 Å². The summed E-state index contributed by atoms with van der Waals surface area (Å²) in [7, 11) is 1.59. The molecule has 0 aliphatic heterocycles. The van der Waals surface area contributed by atoms with Crippen LogP contribution in [0.2, 0.25) is 0 Å². The fraction of sp³-hybridized carbons (Fsp3) is 0.0714. The van der Waals surface area contributed by atoms with E-state index in [4.69, 9.17) is 9.47 Å². The van der Waals surface area contributed by atoms with E-state index in [-0.39, 0.29) is 0 Å². The average molecular weight is 241 g/mol. The van der Waals surface area contributed by atoms with E-state index in [9.17, 15) is 4.79 Å². The minimum atomic E-state index is 0.412. The molecular formula is C14H11NO3. The Morgan fingerprint density at radius 2 is 2.00 bits per heavy atom. The van der Waals surface area contributed by atoms with E-state index in [1.54, 1.807) is 13.2 Å². The van der Waals surface area contributed by atoms with E-state index in [1.165, 1.54) is 0 Å². The van der Waals surface area contributed by atoms with Crippen LogP contribution in [0.3, 0.4) is 0 Å². The minimum absolute atomic E-state index is 0.412. The molecule has 0 radical (unpaired) electrons. The van der Waals surface area contributed by atoms with Crippen molar-refractivity contribution < 1.29 is 14.3 Å². The Hall–Kier alpha value is -2.49. The van der Waals surface area contributed by atoms with Crippen molar-refractivity contribution in [1.29, 1.82) is 0 Å². The maximum Gasteiger partial charge on any atom is 0.298 e. The highest BCUT2D eigenvalue weighted by atomic mass is 16.5. The fourth-order valence-electron chi connectivity index (χ4n) is 2.18. The predicted molar refractivity (Wildman–Crippen MR) is 69.0 cm³/mol. The first-order valence-electron chi connectivity index (χ1n) is 5.52. The van der Waals surface area contributed by atoms with Crippen molar-refractivity contribution in [3.05, 3.63) is 36.4 Å². The van der Waals surface area contributed by atoms with E-state index < -0.39 is 0 Å². The number of carbonyl (C=O) groups excluding carboxylic acids is 1. The zero-order valence-corrected chi connectivity index (χ0v) is 9.77. The summed E-state index contributed by atoms with van der Waals surface area (Å²) in [6, 6.07) is 11.5. The number of ether oxygens (including phenoxy) is 2. The number of para-hydroxylation sites is 1. The molecule has 0 saturated heterocycles. The van der Waals surface area contributed by atoms with Gasteiger partial charge in [-0.05, 0) is 12.1 Å². The third-order valence-corrected chi connectivity index (χ3v) is 2.96. The highest BCUT2D eigenvalue weighted by Gasteiger charge is 2.11. The Labute approximate surface area is 103 Å². The van der Waals surface area contributed by atoms with Gasteiger partial charge in [-0.1, -0.05) is 18.2 Å². The van der Waals surface area contributed by atoms with Crippen molar-refractivity contribution in [2.75, 3.05) is 7.11 Å². The summed E-state index contributed by atoms with van der Waals surface area (Å²) >= 11 is 0. The highest BCUT2D eigenvalue weighted by Crippen LogP contribution is 2.35. The molecule has 1 N–H and O–H groups in total. The normalized spacial score (nSPS) is 10.7. The quantitative estimate of drug-likeness (QED) is 0.717. The van der Waals surface area contributed by atoms with Crippen molar-refractivity contribution in [1.82, 2.24) is 4.98 Å². The number of rotatable bonds is 3. The van der Waals surface area contributed by atoms with Crippen molar-refractivity contribution in [3.63, 3.8) is 0 Å². The third kappa shape index (κ3) is 1.50. The molecule has 0 saturated carbocycles. The second-order valence-electron chi connectivity index (χ2n) is 3.93. The summed E-state index contributed by atoms with van der Waals surface area (Å²) in [6.45, 7) is 0.412. The number of carbonyl (C=O) groups is 1. The number of hydrogen-bond donors (Lipinski definition) is 1. The van der Waals surface area contributed by atoms with E-state index in [1.807, 2.05) is 30.3 Å². The summed E-state index contributed by atoms with van der Waals surface area (Å²) in [5.41, 5.74) is 1.92. The van der Waals surface area contributed by atoms with E-state index in [2.05, 4.69) is 4.98 Å². The molecule has 90 valence electrons. The van der Waals surface area contributed by atoms with E-state index >= 15 is 0 Å². The van der Waals surface area contributed by atoms with Crippen LogP contribution in [0.1, 0.15) is 0 Å². The molecule has 0 aliphatic carbocycles. The molecule has 4 nitrogen and oxygen atoms in total. The monoisotopic (exact) mass is 241 g/mol. The van der Waals surface area contributed by atoms with Crippen molar-refractivity contribution in [2.45, 2.75) is 0 Å². The number of fused-ring (bicyclic) bond motifs is 3. The van der Waals surface area contributed by atoms with Crippen molar-refractivity contribution in [2.24, 2.45) is 0 Å². The van der Waals surface area contributed by atoms with E-state index in [0.29, 0.717) is 18.0 Å². The molecule has 0 atom stereocenters. The van der Waals surface area contributed by atoms with Crippen LogP contribution in [-0.2, 0) is 4.79 Å². The minimum Gasteiger partial charge on any atom is -0.494 e. The van der Waals surface area contributed by atoms with Gasteiger partial charge >= 0.3 is 0 Å². The lowest BCUT2D eigenvalue weighted by molar-refractivity contribution is -0.120. The van der Waals surface area contributed by atoms with Crippen molar-refractivity contribution in [3.8, 4) is 11.5 Å². The second kappa shape index (κ2) is 4.07. The van der Waals surface area contributed by atoms with E-state index in [0.717, 1.165) is 21.8 Å². The first-order chi connectivity index (χ1) is 8.83. The first-order valence-corrected chi connectivity index (χ1v) is 5.52. The number of benzene rings is 2. The first kappa shape index (κ1) is 10.7. The van der Waals surface area contributed by atoms with Gasteiger partial charge in [0, 0.05) is 22.4 Å². The molecule has 4 heteroatoms. The maximum atomic E-state index is 10.4. The molecular weight excluding hydrogens is 230 g/mol. The molecule has 3 rings (SSSR count). The standard InChI is InChI=1S/C14H11NO3/c1-17-13-7-9(18-8-16)6-11-10-4-2-3-5-12(10)15-14(11)13/h2-8,15H,1H3. The van der Waals surface area contributed by atoms with Gasteiger partial charge in [-0.15, -0.1) is 0 Å². The highest BCUT2D eigenvalue weighted by molar-refractivity contribution is 6.09. The van der Waals surface area contributed by atoms with Gasteiger partial charge in [-0.25, -0.2) is 0 Å². The molecule has 2 aromatic carbocycles. The summed E-state index contributed by atoms with van der Waals surface area (Å²) in [4.78, 5) is 13.7. The molecule has 0 amide bonds. The molecule has 0 unspecified atom stereocenters. The number of methoxy groups -OCH3 is 1. The fourth-order valence-corrected chi connectivity index (χ4v) is 2.18. The van der Waals surface area contributed by atoms with Gasteiger partial charge in [0.15, 0.2) is 0 Å². The lowest BCUT2D eigenvalue weighted by atomic mass is 10.1. The van der Waals surface area contributed by atoms with Crippen LogP contribution in [0, 0.1) is 0 Å². The van der Waals surface area contributed by atoms with Gasteiger partial charge in [-0.3, -0.25) is 4.79 Å². The van der Waals surface area contributed by atoms with Crippen LogP contribution in [0.5, 0.6) is 11.5 Å². The number of aromatic nitrogens is 1. The molecule has 0 bridgehead atoms. The number of aromatic amines is 1. The zero-order chi connectivity index (χ0) is 12.5. The van der Waals surface area contributed by atoms with Crippen LogP contribution in [0.15, 0.2) is 36.4 Å². The van der Waals surface area contributed by atoms with Crippen LogP contribution in [0.25, 0.3) is 21.8 Å². The van der Waals surface area contributed by atoms with Crippen molar-refractivity contribution >= 4 is 28.3 Å². The molecule has 0 aliphatic rings. The van der Waals surface area contributed by atoms with Crippen LogP contribution in [0.4, 0.5) is 0 Å². The van der Waals surface area contributed by atoms with Crippen LogP contribution in [-0.4, -0.2) is 18.6 Å². The Bertz CT molecular complexity index is 730. The Morgan fingerprint density at radius 3 is 2.78 bits per heavy atom. The van der Waals surface area contributed by atoms with Gasteiger partial charge < -0.3 is 14.5 Å². The average Bonchev–Trinajstić information content (AvgIpc) is 2.77. The molecule has 1 heterocycles. The largest absolute Gasteiger partial charge is 0.494 e. The van der Waals surface area contributed by atoms with Gasteiger partial charge in [0.25, 0.3) is 6.47 Å². The predicted octanol–water partition coefficient (Wildman–Crippen LogP) is 2.86. The maximum absolute atomic E-state index is 10.4. The summed E-state index contributed by atoms with van der Waals surface area (Å²) < 4.78 is 10.2. The van der Waals surface area contributed by atoms with Gasteiger partial charge in [0.1, 0.15) is 11.5 Å². The summed E-state index contributed by atoms with van der Waals surface area (Å²) in [5, 5.41) is 2.05. The Morgan fingerprint density at radius 1 is 1.17 bits per heavy atom. The Kier molecular flexibility index (Phi) is 2.41. The number of nitrogens with one attached hydrogen (secondary N) is 1. The zero-order valence-electron chi connectivity index (χ0n) is 9.77. The lowest BCUT2D eigenvalue weighted by Crippen LogP contribution is -1.90. The van der Waals surface area contributed by atoms with Gasteiger partial charge in [0.2, 0.25) is 0 Å². The molecule has 1 aromatic heterocycles. The third-order valence-electron chi connectivity index (χ3n) is 2.96.